The van der Waals surface area contributed by atoms with Gasteiger partial charge in [0.15, 0.2) is 0 Å². The van der Waals surface area contributed by atoms with Crippen molar-refractivity contribution in [2.24, 2.45) is 5.41 Å². The molecule has 0 aromatic rings. The van der Waals surface area contributed by atoms with Gasteiger partial charge in [0.1, 0.15) is 5.78 Å². The van der Waals surface area contributed by atoms with E-state index in [1.165, 1.54) is 0 Å². The van der Waals surface area contributed by atoms with Crippen LogP contribution < -0.4 is 0 Å². The van der Waals surface area contributed by atoms with Crippen molar-refractivity contribution in [2.75, 3.05) is 6.61 Å². The topological polar surface area (TPSA) is 26.3 Å². The molecule has 10 heavy (non-hydrogen) atoms. The number of carbonyl (C=O) groups is 1. The summed E-state index contributed by atoms with van der Waals surface area (Å²) < 4.78 is 11.8. The molecule has 0 rings (SSSR count). The summed E-state index contributed by atoms with van der Waals surface area (Å²) in [4.78, 5) is 10.9. The van der Waals surface area contributed by atoms with E-state index in [4.69, 9.17) is 5.52 Å². The van der Waals surface area contributed by atoms with Gasteiger partial charge in [0.2, 0.25) is 7.09 Å². The fourth-order valence-corrected chi connectivity index (χ4v) is 0.669. The number of hydrogen-bond donors (Lipinski definition) is 0. The molecule has 0 atom stereocenters. The summed E-state index contributed by atoms with van der Waals surface area (Å²) in [7, 11) is 0.175. The molecule has 0 heterocycles. The molecular weight excluding hydrogens is 147 g/mol. The largest absolute Gasteiger partial charge is 0.327 e. The van der Waals surface area contributed by atoms with Gasteiger partial charge in [-0.05, 0) is 8.26 Å². The Hall–Kier alpha value is 0.0449. The summed E-state index contributed by atoms with van der Waals surface area (Å²) in [6.07, 6.45) is 0. The quantitative estimate of drug-likeness (QED) is 0.340. The zero-order valence-corrected chi connectivity index (χ0v) is 7.46. The van der Waals surface area contributed by atoms with E-state index in [1.54, 1.807) is 6.92 Å². The average Bonchev–Trinajstić information content (AvgIpc) is 1.88. The van der Waals surface area contributed by atoms with Gasteiger partial charge in [-0.2, -0.15) is 0 Å². The van der Waals surface area contributed by atoms with Gasteiger partial charge in [-0.25, -0.2) is 0 Å². The van der Waals surface area contributed by atoms with Gasteiger partial charge >= 0.3 is 0 Å². The van der Waals surface area contributed by atoms with Crippen LogP contribution in [0.25, 0.3) is 0 Å². The smallest absolute Gasteiger partial charge is 0.210 e. The molecule has 0 amide bonds. The zero-order chi connectivity index (χ0) is 8.91. The maximum Gasteiger partial charge on any atom is 0.210 e. The SMILES string of the molecule is [3H]BSOCC(C)(C)C(C)=O. The van der Waals surface area contributed by atoms with E-state index < -0.39 is 5.41 Å². The molecule has 0 spiro atoms. The lowest BCUT2D eigenvalue weighted by Crippen LogP contribution is -2.26. The van der Waals surface area contributed by atoms with Gasteiger partial charge in [-0.15, -0.1) is 0 Å². The summed E-state index contributed by atoms with van der Waals surface area (Å²) >= 11 is 1.07. The Morgan fingerprint density at radius 3 is 2.90 bits per heavy atom. The van der Waals surface area contributed by atoms with Gasteiger partial charge < -0.3 is 4.18 Å². The van der Waals surface area contributed by atoms with Crippen molar-refractivity contribution in [3.8, 4) is 0 Å². The molecule has 0 saturated heterocycles. The first-order valence-corrected chi connectivity index (χ1v) is 3.96. The highest BCUT2D eigenvalue weighted by molar-refractivity contribution is 8.15. The van der Waals surface area contributed by atoms with Gasteiger partial charge in [-0.3, -0.25) is 4.79 Å². The predicted molar refractivity (Wildman–Crippen MR) is 46.5 cm³/mol. The van der Waals surface area contributed by atoms with Crippen LogP contribution >= 0.6 is 11.9 Å². The molecule has 0 aliphatic carbocycles. The van der Waals surface area contributed by atoms with Crippen LogP contribution in [0.1, 0.15) is 20.8 Å². The van der Waals surface area contributed by atoms with Crippen molar-refractivity contribution < 1.29 is 8.98 Å². The van der Waals surface area contributed by atoms with Crippen molar-refractivity contribution in [1.82, 2.24) is 0 Å². The second-order valence-electron chi connectivity index (χ2n) is 2.82. The first kappa shape index (κ1) is 8.14. The molecule has 0 unspecified atom stereocenters. The predicted octanol–water partition coefficient (Wildman–Crippen LogP) is 0.815. The minimum atomic E-state index is -0.415. The van der Waals surface area contributed by atoms with Gasteiger partial charge in [0.05, 0.1) is 6.61 Å². The van der Waals surface area contributed by atoms with Crippen LogP contribution in [0.4, 0.5) is 0 Å². The zero-order valence-electron chi connectivity index (χ0n) is 7.64. The van der Waals surface area contributed by atoms with Crippen LogP contribution in [0.15, 0.2) is 0 Å². The van der Waals surface area contributed by atoms with E-state index >= 15 is 0 Å². The maximum absolute atomic E-state index is 10.9. The Morgan fingerprint density at radius 2 is 2.50 bits per heavy atom. The third kappa shape index (κ3) is 3.27. The lowest BCUT2D eigenvalue weighted by Gasteiger charge is -2.19. The van der Waals surface area contributed by atoms with Crippen LogP contribution in [-0.4, -0.2) is 20.8 Å². The number of ketones is 1. The highest BCUT2D eigenvalue weighted by Gasteiger charge is 2.23. The molecule has 0 aromatic heterocycles. The Bertz CT molecular complexity index is 141. The monoisotopic (exact) mass is 162 g/mol. The molecule has 0 saturated carbocycles. The van der Waals surface area contributed by atoms with Crippen LogP contribution in [0.5, 0.6) is 0 Å². The lowest BCUT2D eigenvalue weighted by atomic mass is 9.90. The molecule has 58 valence electrons. The Labute approximate surface area is 68.6 Å². The molecule has 0 aliphatic heterocycles. The molecule has 0 N–H and O–H groups in total. The molecule has 0 aromatic carbocycles. The van der Waals surface area contributed by atoms with Gasteiger partial charge in [0.25, 0.3) is 0 Å². The molecule has 0 fully saturated rings. The van der Waals surface area contributed by atoms with Crippen LogP contribution in [0.2, 0.25) is 0 Å². The highest BCUT2D eigenvalue weighted by Crippen LogP contribution is 2.18. The number of carbonyl (C=O) groups excluding carboxylic acids is 1. The minimum absolute atomic E-state index is 0.114. The molecule has 4 heteroatoms. The highest BCUT2D eigenvalue weighted by atomic mass is 32.2. The molecule has 0 radical (unpaired) electrons. The molecule has 0 bridgehead atoms. The Kier molecular flexibility index (Phi) is 3.29. The first-order valence-electron chi connectivity index (χ1n) is 3.76. The molecule has 2 nitrogen and oxygen atoms in total. The van der Waals surface area contributed by atoms with Crippen LogP contribution in [0, 0.1) is 5.41 Å². The summed E-state index contributed by atoms with van der Waals surface area (Å²) in [6.45, 7) is 5.60. The van der Waals surface area contributed by atoms with Crippen molar-refractivity contribution in [3.63, 3.8) is 0 Å². The van der Waals surface area contributed by atoms with E-state index in [2.05, 4.69) is 0 Å². The van der Waals surface area contributed by atoms with E-state index in [1.807, 2.05) is 13.8 Å². The average molecular weight is 162 g/mol. The van der Waals surface area contributed by atoms with Crippen molar-refractivity contribution in [2.45, 2.75) is 20.8 Å². The normalized spacial score (nSPS) is 12.5. The van der Waals surface area contributed by atoms with E-state index in [0.29, 0.717) is 6.61 Å². The first-order chi connectivity index (χ1) is 5.00. The number of hydrogen-bond acceptors (Lipinski definition) is 3. The summed E-state index contributed by atoms with van der Waals surface area (Å²) in [5.41, 5.74) is -0.415. The van der Waals surface area contributed by atoms with Gasteiger partial charge in [-0.1, -0.05) is 25.7 Å². The van der Waals surface area contributed by atoms with E-state index in [-0.39, 0.29) is 12.9 Å². The minimum Gasteiger partial charge on any atom is -0.327 e. The molecule has 0 aliphatic rings. The second kappa shape index (κ2) is 4.03. The maximum atomic E-state index is 10.9. The molecular formula is C6H13BO2S. The van der Waals surface area contributed by atoms with E-state index in [9.17, 15) is 4.79 Å². The van der Waals surface area contributed by atoms with Crippen LogP contribution in [-0.2, 0) is 8.98 Å². The fraction of sp³-hybridized carbons (Fsp3) is 0.833. The number of Topliss-reactive ketones (excluding diaryl/α,β-unsaturated/α-hetero) is 1. The third-order valence-corrected chi connectivity index (χ3v) is 1.74. The standard InChI is InChI=1S/C6H13BO2S/c1-5(8)6(2,3)4-9-10-7/h4,7H2,1-3H3/i7T. The van der Waals surface area contributed by atoms with Crippen LogP contribution in [0.3, 0.4) is 0 Å². The summed E-state index contributed by atoms with van der Waals surface area (Å²) in [5, 5.41) is 0. The second-order valence-corrected chi connectivity index (χ2v) is 3.29. The Morgan fingerprint density at radius 1 is 1.90 bits per heavy atom. The Balaban J connectivity index is 3.64. The van der Waals surface area contributed by atoms with E-state index in [0.717, 1.165) is 11.9 Å². The lowest BCUT2D eigenvalue weighted by molar-refractivity contribution is -0.126. The van der Waals surface area contributed by atoms with Crippen molar-refractivity contribution in [3.05, 3.63) is 0 Å². The summed E-state index contributed by atoms with van der Waals surface area (Å²) in [5.74, 6) is 0.114. The number of rotatable bonds is 5. The van der Waals surface area contributed by atoms with Gasteiger partial charge in [0, 0.05) is 5.41 Å². The fourth-order valence-electron chi connectivity index (χ4n) is 0.291. The third-order valence-electron chi connectivity index (χ3n) is 1.46. The van der Waals surface area contributed by atoms with Crippen molar-refractivity contribution >= 4 is 24.8 Å². The summed E-state index contributed by atoms with van der Waals surface area (Å²) in [6, 6.07) is 0. The van der Waals surface area contributed by atoms with Crippen molar-refractivity contribution in [1.29, 1.82) is 1.34 Å².